The average molecular weight is 392 g/mol. The third kappa shape index (κ3) is 11.3. The summed E-state index contributed by atoms with van der Waals surface area (Å²) in [6.07, 6.45) is -0.166. The quantitative estimate of drug-likeness (QED) is 0.229. The highest BCUT2D eigenvalue weighted by Crippen LogP contribution is 2.20. The maximum Gasteiger partial charge on any atom is 0.249 e. The topological polar surface area (TPSA) is 109 Å². The second-order valence-corrected chi connectivity index (χ2v) is 7.81. The molecule has 0 fully saturated rings. The largest absolute Gasteiger partial charge is 0.399 e. The van der Waals surface area contributed by atoms with Gasteiger partial charge in [0, 0.05) is 37.8 Å². The lowest BCUT2D eigenvalue weighted by atomic mass is 9.87. The lowest BCUT2D eigenvalue weighted by Gasteiger charge is -2.28. The van der Waals surface area contributed by atoms with Crippen molar-refractivity contribution in [3.63, 3.8) is 0 Å². The fourth-order valence-corrected chi connectivity index (χ4v) is 2.97. The number of ether oxygens (including phenoxy) is 1. The number of nitrogens with zero attached hydrogens (tertiary/aromatic N) is 1. The summed E-state index contributed by atoms with van der Waals surface area (Å²) >= 11 is 1.72. The third-order valence-electron chi connectivity index (χ3n) is 3.58. The van der Waals surface area contributed by atoms with Crippen molar-refractivity contribution in [2.45, 2.75) is 39.7 Å². The lowest BCUT2D eigenvalue weighted by Crippen LogP contribution is -2.46. The molecule has 26 heavy (non-hydrogen) atoms. The number of hydrogen-bond donors (Lipinski definition) is 3. The molecule has 0 spiro atoms. The standard InChI is InChI=1S/C17H33N3O5S/c1-13(20-25-5)7-10-26-11-9-18-14(21)6-8-19-16(23)15(22)17(2,3)12-24-4/h15,22H,6-12H2,1-5H3,(H,18,21)(H,19,23)/b20-13+. The van der Waals surface area contributed by atoms with Crippen LogP contribution in [-0.4, -0.2) is 74.2 Å². The van der Waals surface area contributed by atoms with E-state index in [-0.39, 0.29) is 25.5 Å². The second-order valence-electron chi connectivity index (χ2n) is 6.59. The Morgan fingerprint density at radius 1 is 1.15 bits per heavy atom. The van der Waals surface area contributed by atoms with Gasteiger partial charge in [-0.2, -0.15) is 11.8 Å². The molecule has 0 aromatic carbocycles. The minimum atomic E-state index is -1.19. The molecule has 0 bridgehead atoms. The fraction of sp³-hybridized carbons (Fsp3) is 0.824. The summed E-state index contributed by atoms with van der Waals surface area (Å²) in [4.78, 5) is 28.3. The minimum absolute atomic E-state index is 0.131. The van der Waals surface area contributed by atoms with Gasteiger partial charge in [-0.1, -0.05) is 19.0 Å². The van der Waals surface area contributed by atoms with E-state index in [1.54, 1.807) is 25.6 Å². The van der Waals surface area contributed by atoms with Gasteiger partial charge >= 0.3 is 0 Å². The van der Waals surface area contributed by atoms with Gasteiger partial charge < -0.3 is 25.3 Å². The van der Waals surface area contributed by atoms with Crippen molar-refractivity contribution in [3.05, 3.63) is 0 Å². The molecule has 0 aromatic rings. The number of amides is 2. The molecule has 2 amide bonds. The highest BCUT2D eigenvalue weighted by molar-refractivity contribution is 7.99. The van der Waals surface area contributed by atoms with Gasteiger partial charge in [0.15, 0.2) is 0 Å². The van der Waals surface area contributed by atoms with Crippen LogP contribution in [0.15, 0.2) is 5.16 Å². The van der Waals surface area contributed by atoms with E-state index < -0.39 is 17.4 Å². The van der Waals surface area contributed by atoms with E-state index >= 15 is 0 Å². The highest BCUT2D eigenvalue weighted by atomic mass is 32.2. The van der Waals surface area contributed by atoms with Crippen molar-refractivity contribution in [2.24, 2.45) is 10.6 Å². The molecule has 0 rings (SSSR count). The van der Waals surface area contributed by atoms with Crippen LogP contribution < -0.4 is 10.6 Å². The van der Waals surface area contributed by atoms with Crippen molar-refractivity contribution >= 4 is 29.3 Å². The van der Waals surface area contributed by atoms with Gasteiger partial charge in [0.05, 0.1) is 12.3 Å². The zero-order chi connectivity index (χ0) is 20.0. The molecule has 152 valence electrons. The first-order chi connectivity index (χ1) is 12.2. The van der Waals surface area contributed by atoms with Crippen LogP contribution in [0.3, 0.4) is 0 Å². The first kappa shape index (κ1) is 24.7. The first-order valence-corrected chi connectivity index (χ1v) is 9.75. The van der Waals surface area contributed by atoms with Crippen LogP contribution in [0, 0.1) is 5.41 Å². The zero-order valence-corrected chi connectivity index (χ0v) is 17.3. The lowest BCUT2D eigenvalue weighted by molar-refractivity contribution is -0.137. The van der Waals surface area contributed by atoms with Crippen molar-refractivity contribution < 1.29 is 24.3 Å². The van der Waals surface area contributed by atoms with Gasteiger partial charge in [0.2, 0.25) is 11.8 Å². The van der Waals surface area contributed by atoms with Crippen LogP contribution in [0.5, 0.6) is 0 Å². The van der Waals surface area contributed by atoms with E-state index in [0.29, 0.717) is 6.54 Å². The maximum absolute atomic E-state index is 11.9. The molecule has 0 saturated carbocycles. The average Bonchev–Trinajstić information content (AvgIpc) is 2.57. The number of carbonyl (C=O) groups excluding carboxylic acids is 2. The van der Waals surface area contributed by atoms with Gasteiger partial charge in [-0.15, -0.1) is 0 Å². The van der Waals surface area contributed by atoms with E-state index in [0.717, 1.165) is 23.6 Å². The van der Waals surface area contributed by atoms with Crippen LogP contribution in [0.25, 0.3) is 0 Å². The molecule has 0 aliphatic carbocycles. The molecule has 0 saturated heterocycles. The second kappa shape index (κ2) is 13.8. The number of aliphatic hydroxyl groups is 1. The van der Waals surface area contributed by atoms with Crippen LogP contribution in [0.4, 0.5) is 0 Å². The summed E-state index contributed by atoms with van der Waals surface area (Å²) < 4.78 is 5.00. The first-order valence-electron chi connectivity index (χ1n) is 8.60. The Morgan fingerprint density at radius 2 is 1.85 bits per heavy atom. The molecule has 0 aliphatic heterocycles. The molecule has 0 heterocycles. The summed E-state index contributed by atoms with van der Waals surface area (Å²) in [5.41, 5.74) is 0.251. The number of nitrogens with one attached hydrogen (secondary N) is 2. The summed E-state index contributed by atoms with van der Waals surface area (Å²) in [6, 6.07) is 0. The number of methoxy groups -OCH3 is 1. The summed E-state index contributed by atoms with van der Waals surface area (Å²) in [7, 11) is 3.04. The Hall–Kier alpha value is -1.32. The molecule has 0 aliphatic rings. The number of oxime groups is 1. The monoisotopic (exact) mass is 391 g/mol. The number of carbonyl (C=O) groups is 2. The minimum Gasteiger partial charge on any atom is -0.399 e. The van der Waals surface area contributed by atoms with Crippen LogP contribution >= 0.6 is 11.8 Å². The Morgan fingerprint density at radius 3 is 2.46 bits per heavy atom. The van der Waals surface area contributed by atoms with E-state index in [4.69, 9.17) is 4.74 Å². The Kier molecular flexibility index (Phi) is 13.1. The molecule has 1 atom stereocenters. The van der Waals surface area contributed by atoms with Gasteiger partial charge in [-0.05, 0) is 19.1 Å². The molecule has 3 N–H and O–H groups in total. The van der Waals surface area contributed by atoms with Crippen molar-refractivity contribution in [1.29, 1.82) is 0 Å². The molecule has 0 radical (unpaired) electrons. The van der Waals surface area contributed by atoms with Gasteiger partial charge in [0.25, 0.3) is 0 Å². The van der Waals surface area contributed by atoms with E-state index in [1.807, 2.05) is 6.92 Å². The van der Waals surface area contributed by atoms with Crippen molar-refractivity contribution in [2.75, 3.05) is 45.4 Å². The van der Waals surface area contributed by atoms with E-state index in [9.17, 15) is 14.7 Å². The van der Waals surface area contributed by atoms with Crippen LogP contribution in [0.2, 0.25) is 0 Å². The summed E-state index contributed by atoms with van der Waals surface area (Å²) in [6.45, 7) is 6.41. The van der Waals surface area contributed by atoms with Crippen LogP contribution in [-0.2, 0) is 19.2 Å². The Labute approximate surface area is 160 Å². The van der Waals surface area contributed by atoms with Gasteiger partial charge in [-0.25, -0.2) is 0 Å². The molecule has 9 heteroatoms. The Balaban J connectivity index is 3.80. The third-order valence-corrected chi connectivity index (χ3v) is 4.57. The molecular weight excluding hydrogens is 358 g/mol. The van der Waals surface area contributed by atoms with Gasteiger partial charge in [0.1, 0.15) is 13.2 Å². The molecular formula is C17H33N3O5S. The molecule has 0 aromatic heterocycles. The smallest absolute Gasteiger partial charge is 0.249 e. The van der Waals surface area contributed by atoms with Crippen LogP contribution in [0.1, 0.15) is 33.6 Å². The molecule has 8 nitrogen and oxygen atoms in total. The number of hydrogen-bond acceptors (Lipinski definition) is 7. The van der Waals surface area contributed by atoms with E-state index in [2.05, 4.69) is 20.6 Å². The van der Waals surface area contributed by atoms with Gasteiger partial charge in [-0.3, -0.25) is 9.59 Å². The predicted octanol–water partition coefficient (Wildman–Crippen LogP) is 0.788. The summed E-state index contributed by atoms with van der Waals surface area (Å²) in [5, 5.41) is 19.2. The summed E-state index contributed by atoms with van der Waals surface area (Å²) in [5.74, 6) is 1.10. The Bertz CT molecular complexity index is 458. The SMILES string of the molecule is COCC(C)(C)C(O)C(=O)NCCC(=O)NCCSCC/C(C)=N/OC. The molecule has 1 unspecified atom stereocenters. The number of aliphatic hydroxyl groups excluding tert-OH is 1. The van der Waals surface area contributed by atoms with Crippen molar-refractivity contribution in [1.82, 2.24) is 10.6 Å². The van der Waals surface area contributed by atoms with Crippen molar-refractivity contribution in [3.8, 4) is 0 Å². The highest BCUT2D eigenvalue weighted by Gasteiger charge is 2.33. The van der Waals surface area contributed by atoms with E-state index in [1.165, 1.54) is 14.2 Å². The fourth-order valence-electron chi connectivity index (χ4n) is 2.08. The zero-order valence-electron chi connectivity index (χ0n) is 16.5. The maximum atomic E-state index is 11.9. The number of thioether (sulfide) groups is 1. The normalized spacial score (nSPS) is 13.2. The predicted molar refractivity (Wildman–Crippen MR) is 104 cm³/mol. The number of rotatable bonds is 14.